The largest absolute Gasteiger partial charge is 0.471 e. The maximum Gasteiger partial charge on any atom is 0.175 e. The summed E-state index contributed by atoms with van der Waals surface area (Å²) in [5, 5.41) is 2.84. The summed E-state index contributed by atoms with van der Waals surface area (Å²) in [5.74, 6) is -0.0714. The molecule has 74 valence electrons. The zero-order valence-electron chi connectivity index (χ0n) is 7.24. The summed E-state index contributed by atoms with van der Waals surface area (Å²) < 4.78 is 17.9. The van der Waals surface area contributed by atoms with E-state index in [1.807, 2.05) is 0 Å². The average molecular weight is 196 g/mol. The van der Waals surface area contributed by atoms with E-state index >= 15 is 0 Å². The van der Waals surface area contributed by atoms with Crippen LogP contribution >= 0.6 is 0 Å². The molecule has 5 heteroatoms. The van der Waals surface area contributed by atoms with E-state index in [-0.39, 0.29) is 0 Å². The second-order valence-corrected chi connectivity index (χ2v) is 3.03. The first-order chi connectivity index (χ1) is 6.70. The summed E-state index contributed by atoms with van der Waals surface area (Å²) in [6.07, 6.45) is -0.112. The van der Waals surface area contributed by atoms with Crippen molar-refractivity contribution in [2.45, 2.75) is 12.3 Å². The minimum absolute atomic E-state index is 0.329. The van der Waals surface area contributed by atoms with Crippen molar-refractivity contribution in [2.24, 2.45) is 5.73 Å². The standard InChI is InChI=1S/C9H9FN2O2/c10-5-1-2-6-8(3-5)14-9(11)7(4-13)12-6/h1-4,7,9,12H,11H2. The summed E-state index contributed by atoms with van der Waals surface area (Å²) in [6, 6.07) is 3.43. The Kier molecular flexibility index (Phi) is 2.09. The van der Waals surface area contributed by atoms with Crippen molar-refractivity contribution < 1.29 is 13.9 Å². The van der Waals surface area contributed by atoms with Crippen LogP contribution in [0.25, 0.3) is 0 Å². The predicted molar refractivity (Wildman–Crippen MR) is 48.5 cm³/mol. The molecule has 0 amide bonds. The maximum atomic E-state index is 12.8. The normalized spacial score (nSPS) is 24.4. The van der Waals surface area contributed by atoms with Crippen LogP contribution in [0.5, 0.6) is 5.75 Å². The molecule has 0 spiro atoms. The first-order valence-electron chi connectivity index (χ1n) is 4.14. The number of anilines is 1. The Balaban J connectivity index is 2.35. The Bertz CT molecular complexity index is 370. The number of nitrogens with two attached hydrogens (primary N) is 1. The van der Waals surface area contributed by atoms with Gasteiger partial charge in [0.15, 0.2) is 6.23 Å². The summed E-state index contributed by atoms with van der Waals surface area (Å²) >= 11 is 0. The van der Waals surface area contributed by atoms with E-state index in [4.69, 9.17) is 10.5 Å². The van der Waals surface area contributed by atoms with E-state index in [0.717, 1.165) is 0 Å². The van der Waals surface area contributed by atoms with Gasteiger partial charge in [0.05, 0.1) is 5.69 Å². The van der Waals surface area contributed by atoms with Crippen LogP contribution in [0.3, 0.4) is 0 Å². The molecular formula is C9H9FN2O2. The number of carbonyl (C=O) groups excluding carboxylic acids is 1. The van der Waals surface area contributed by atoms with Gasteiger partial charge >= 0.3 is 0 Å². The third kappa shape index (κ3) is 1.42. The highest BCUT2D eigenvalue weighted by molar-refractivity contribution is 5.70. The van der Waals surface area contributed by atoms with Crippen LogP contribution in [0.2, 0.25) is 0 Å². The smallest absolute Gasteiger partial charge is 0.175 e. The van der Waals surface area contributed by atoms with E-state index in [2.05, 4.69) is 5.32 Å². The second-order valence-electron chi connectivity index (χ2n) is 3.03. The maximum absolute atomic E-state index is 12.8. The van der Waals surface area contributed by atoms with Gasteiger partial charge in [-0.05, 0) is 12.1 Å². The molecule has 4 nitrogen and oxygen atoms in total. The van der Waals surface area contributed by atoms with Crippen molar-refractivity contribution in [3.8, 4) is 5.75 Å². The molecule has 2 rings (SSSR count). The Morgan fingerprint density at radius 1 is 1.57 bits per heavy atom. The molecule has 0 saturated heterocycles. The van der Waals surface area contributed by atoms with Crippen molar-refractivity contribution >= 4 is 12.0 Å². The third-order valence-corrected chi connectivity index (χ3v) is 2.03. The first kappa shape index (κ1) is 8.96. The molecule has 1 heterocycles. The number of halogens is 1. The highest BCUT2D eigenvalue weighted by Crippen LogP contribution is 2.30. The van der Waals surface area contributed by atoms with Gasteiger partial charge in [-0.15, -0.1) is 0 Å². The molecule has 1 aliphatic rings. The lowest BCUT2D eigenvalue weighted by molar-refractivity contribution is -0.110. The highest BCUT2D eigenvalue weighted by Gasteiger charge is 2.26. The molecule has 0 radical (unpaired) electrons. The van der Waals surface area contributed by atoms with E-state index in [1.54, 1.807) is 0 Å². The summed E-state index contributed by atoms with van der Waals surface area (Å²) in [5.41, 5.74) is 6.09. The Morgan fingerprint density at radius 2 is 2.36 bits per heavy atom. The van der Waals surface area contributed by atoms with Crippen LogP contribution in [0, 0.1) is 5.82 Å². The molecule has 3 N–H and O–H groups in total. The first-order valence-corrected chi connectivity index (χ1v) is 4.14. The highest BCUT2D eigenvalue weighted by atomic mass is 19.1. The molecule has 0 aromatic heterocycles. The lowest BCUT2D eigenvalue weighted by atomic mass is 10.2. The van der Waals surface area contributed by atoms with E-state index in [1.165, 1.54) is 18.2 Å². The molecule has 2 unspecified atom stereocenters. The lowest BCUT2D eigenvalue weighted by Gasteiger charge is -2.29. The van der Waals surface area contributed by atoms with Gasteiger partial charge in [-0.25, -0.2) is 4.39 Å². The number of benzene rings is 1. The number of carbonyl (C=O) groups is 1. The molecule has 0 aliphatic carbocycles. The molecule has 2 atom stereocenters. The van der Waals surface area contributed by atoms with Crippen molar-refractivity contribution in [1.82, 2.24) is 0 Å². The van der Waals surface area contributed by atoms with Crippen LogP contribution in [-0.4, -0.2) is 18.6 Å². The quantitative estimate of drug-likeness (QED) is 0.641. The van der Waals surface area contributed by atoms with Crippen LogP contribution in [-0.2, 0) is 4.79 Å². The molecule has 1 aromatic carbocycles. The second kappa shape index (κ2) is 3.26. The van der Waals surface area contributed by atoms with Gasteiger partial charge in [0, 0.05) is 6.07 Å². The van der Waals surface area contributed by atoms with Gasteiger partial charge in [0.2, 0.25) is 0 Å². The molecule has 1 aromatic rings. The van der Waals surface area contributed by atoms with Crippen LogP contribution in [0.4, 0.5) is 10.1 Å². The summed E-state index contributed by atoms with van der Waals surface area (Å²) in [7, 11) is 0. The van der Waals surface area contributed by atoms with Crippen molar-refractivity contribution in [1.29, 1.82) is 0 Å². The molecule has 14 heavy (non-hydrogen) atoms. The topological polar surface area (TPSA) is 64.3 Å². The molecule has 0 saturated carbocycles. The van der Waals surface area contributed by atoms with Crippen molar-refractivity contribution in [3.63, 3.8) is 0 Å². The van der Waals surface area contributed by atoms with Gasteiger partial charge in [0.1, 0.15) is 23.9 Å². The van der Waals surface area contributed by atoms with Gasteiger partial charge in [0.25, 0.3) is 0 Å². The number of hydrogen-bond acceptors (Lipinski definition) is 4. The number of ether oxygens (including phenoxy) is 1. The molecular weight excluding hydrogens is 187 g/mol. The van der Waals surface area contributed by atoms with Gasteiger partial charge in [-0.1, -0.05) is 0 Å². The third-order valence-electron chi connectivity index (χ3n) is 2.03. The van der Waals surface area contributed by atoms with E-state index < -0.39 is 18.1 Å². The average Bonchev–Trinajstić information content (AvgIpc) is 2.16. The fraction of sp³-hybridized carbons (Fsp3) is 0.222. The summed E-state index contributed by atoms with van der Waals surface area (Å²) in [4.78, 5) is 10.6. The van der Waals surface area contributed by atoms with Crippen LogP contribution in [0.1, 0.15) is 0 Å². The number of hydrogen-bond donors (Lipinski definition) is 2. The number of fused-ring (bicyclic) bond motifs is 1. The number of nitrogens with one attached hydrogen (secondary N) is 1. The fourth-order valence-electron chi connectivity index (χ4n) is 1.31. The minimum Gasteiger partial charge on any atom is -0.471 e. The Morgan fingerprint density at radius 3 is 3.07 bits per heavy atom. The van der Waals surface area contributed by atoms with Crippen molar-refractivity contribution in [2.75, 3.05) is 5.32 Å². The van der Waals surface area contributed by atoms with Gasteiger partial charge in [-0.2, -0.15) is 0 Å². The van der Waals surface area contributed by atoms with Crippen molar-refractivity contribution in [3.05, 3.63) is 24.0 Å². The zero-order chi connectivity index (χ0) is 10.1. The zero-order valence-corrected chi connectivity index (χ0v) is 7.24. The Labute approximate surface area is 79.9 Å². The van der Waals surface area contributed by atoms with E-state index in [9.17, 15) is 9.18 Å². The molecule has 0 fully saturated rings. The monoisotopic (exact) mass is 196 g/mol. The fourth-order valence-corrected chi connectivity index (χ4v) is 1.31. The predicted octanol–water partition coefficient (Wildman–Crippen LogP) is 0.482. The summed E-state index contributed by atoms with van der Waals surface area (Å²) in [6.45, 7) is 0. The van der Waals surface area contributed by atoms with Crippen LogP contribution < -0.4 is 15.8 Å². The van der Waals surface area contributed by atoms with Gasteiger partial charge < -0.3 is 14.8 Å². The Hall–Kier alpha value is -1.62. The molecule has 1 aliphatic heterocycles. The van der Waals surface area contributed by atoms with E-state index in [0.29, 0.717) is 17.7 Å². The SMILES string of the molecule is NC1Oc2cc(F)ccc2NC1C=O. The lowest BCUT2D eigenvalue weighted by Crippen LogP contribution is -2.48. The van der Waals surface area contributed by atoms with Gasteiger partial charge in [-0.3, -0.25) is 5.73 Å². The number of rotatable bonds is 1. The molecule has 0 bridgehead atoms. The number of aldehydes is 1. The van der Waals surface area contributed by atoms with Crippen LogP contribution in [0.15, 0.2) is 18.2 Å². The minimum atomic E-state index is -0.776.